The topological polar surface area (TPSA) is 88.4 Å². The zero-order chi connectivity index (χ0) is 17.9. The molecule has 1 aliphatic rings. The van der Waals surface area contributed by atoms with Crippen LogP contribution < -0.4 is 4.90 Å². The van der Waals surface area contributed by atoms with Gasteiger partial charge < -0.3 is 14.7 Å². The molecule has 0 saturated carbocycles. The van der Waals surface area contributed by atoms with Crippen molar-refractivity contribution in [1.29, 1.82) is 0 Å². The summed E-state index contributed by atoms with van der Waals surface area (Å²) in [6, 6.07) is 4.73. The quantitative estimate of drug-likeness (QED) is 0.893. The summed E-state index contributed by atoms with van der Waals surface area (Å²) in [4.78, 5) is 26.5. The molecule has 2 aromatic heterocycles. The van der Waals surface area contributed by atoms with Gasteiger partial charge in [0.15, 0.2) is 0 Å². The molecule has 2 aromatic rings. The Kier molecular flexibility index (Phi) is 4.94. The van der Waals surface area contributed by atoms with Gasteiger partial charge in [-0.1, -0.05) is 13.8 Å². The standard InChI is InChI=1S/C18H22N4O3/c1-3-18(4-2)12-22(9-10-25-18)17-20-8-6-14(21-17)15-11-13(16(23)24)5-7-19-15/h5-8,11H,3-4,9-10,12H2,1-2H3,(H,23,24). The highest BCUT2D eigenvalue weighted by Crippen LogP contribution is 2.28. The van der Waals surface area contributed by atoms with Crippen molar-refractivity contribution >= 4 is 11.9 Å². The number of anilines is 1. The average molecular weight is 342 g/mol. The van der Waals surface area contributed by atoms with Crippen molar-refractivity contribution in [2.45, 2.75) is 32.3 Å². The molecule has 0 bridgehead atoms. The van der Waals surface area contributed by atoms with Crippen molar-refractivity contribution in [3.8, 4) is 11.4 Å². The van der Waals surface area contributed by atoms with E-state index in [9.17, 15) is 4.79 Å². The second kappa shape index (κ2) is 7.14. The summed E-state index contributed by atoms with van der Waals surface area (Å²) in [7, 11) is 0. The van der Waals surface area contributed by atoms with Crippen LogP contribution >= 0.6 is 0 Å². The van der Waals surface area contributed by atoms with Crippen molar-refractivity contribution < 1.29 is 14.6 Å². The Labute approximate surface area is 146 Å². The fourth-order valence-electron chi connectivity index (χ4n) is 3.04. The van der Waals surface area contributed by atoms with E-state index in [2.05, 4.69) is 33.7 Å². The second-order valence-corrected chi connectivity index (χ2v) is 6.14. The van der Waals surface area contributed by atoms with Gasteiger partial charge in [-0.05, 0) is 31.0 Å². The molecule has 0 aromatic carbocycles. The minimum absolute atomic E-state index is 0.168. The van der Waals surface area contributed by atoms with Crippen LogP contribution in [0.2, 0.25) is 0 Å². The van der Waals surface area contributed by atoms with Gasteiger partial charge in [0, 0.05) is 25.5 Å². The highest BCUT2D eigenvalue weighted by atomic mass is 16.5. The number of rotatable bonds is 5. The number of carboxylic acids is 1. The molecule has 3 rings (SSSR count). The molecule has 0 amide bonds. The van der Waals surface area contributed by atoms with Crippen molar-refractivity contribution in [1.82, 2.24) is 15.0 Å². The SMILES string of the molecule is CCC1(CC)CN(c2nccc(-c3cc(C(=O)O)ccn3)n2)CCO1. The van der Waals surface area contributed by atoms with Crippen LogP contribution in [0.15, 0.2) is 30.6 Å². The molecule has 1 saturated heterocycles. The van der Waals surface area contributed by atoms with Gasteiger partial charge in [-0.25, -0.2) is 14.8 Å². The Morgan fingerprint density at radius 2 is 2.00 bits per heavy atom. The zero-order valence-electron chi connectivity index (χ0n) is 14.5. The van der Waals surface area contributed by atoms with Crippen molar-refractivity contribution in [3.05, 3.63) is 36.2 Å². The first kappa shape index (κ1) is 17.3. The summed E-state index contributed by atoms with van der Waals surface area (Å²) >= 11 is 0. The number of ether oxygens (including phenoxy) is 1. The van der Waals surface area contributed by atoms with Gasteiger partial charge in [0.05, 0.1) is 29.2 Å². The fraction of sp³-hybridized carbons (Fsp3) is 0.444. The van der Waals surface area contributed by atoms with E-state index in [-0.39, 0.29) is 11.2 Å². The number of carbonyl (C=O) groups is 1. The maximum Gasteiger partial charge on any atom is 0.335 e. The maximum atomic E-state index is 11.2. The smallest absolute Gasteiger partial charge is 0.335 e. The predicted octanol–water partition coefficient (Wildman–Crippen LogP) is 2.63. The molecule has 0 aliphatic carbocycles. The number of nitrogens with zero attached hydrogens (tertiary/aromatic N) is 4. The maximum absolute atomic E-state index is 11.2. The first-order valence-electron chi connectivity index (χ1n) is 8.48. The minimum atomic E-state index is -0.984. The number of pyridine rings is 1. The summed E-state index contributed by atoms with van der Waals surface area (Å²) in [5.41, 5.74) is 1.15. The predicted molar refractivity (Wildman–Crippen MR) is 93.7 cm³/mol. The molecule has 1 fully saturated rings. The largest absolute Gasteiger partial charge is 0.478 e. The zero-order valence-corrected chi connectivity index (χ0v) is 14.5. The first-order valence-corrected chi connectivity index (χ1v) is 8.48. The highest BCUT2D eigenvalue weighted by Gasteiger charge is 2.34. The molecular weight excluding hydrogens is 320 g/mol. The lowest BCUT2D eigenvalue weighted by Crippen LogP contribution is -2.51. The van der Waals surface area contributed by atoms with Gasteiger partial charge in [0.25, 0.3) is 0 Å². The van der Waals surface area contributed by atoms with Crippen LogP contribution in [0.25, 0.3) is 11.4 Å². The lowest BCUT2D eigenvalue weighted by atomic mass is 9.95. The molecule has 1 aliphatic heterocycles. The van der Waals surface area contributed by atoms with Crippen LogP contribution in [0.1, 0.15) is 37.0 Å². The molecule has 3 heterocycles. The Hall–Kier alpha value is -2.54. The van der Waals surface area contributed by atoms with Crippen LogP contribution in [0.3, 0.4) is 0 Å². The van der Waals surface area contributed by atoms with Gasteiger partial charge in [-0.3, -0.25) is 4.98 Å². The van der Waals surface area contributed by atoms with Gasteiger partial charge in [-0.2, -0.15) is 0 Å². The number of aromatic nitrogens is 3. The van der Waals surface area contributed by atoms with E-state index in [1.807, 2.05) is 0 Å². The molecule has 7 nitrogen and oxygen atoms in total. The first-order chi connectivity index (χ1) is 12.1. The van der Waals surface area contributed by atoms with Gasteiger partial charge in [0.1, 0.15) is 0 Å². The Bertz CT molecular complexity index is 761. The molecule has 7 heteroatoms. The number of carboxylic acid groups (broad SMARTS) is 1. The molecular formula is C18H22N4O3. The second-order valence-electron chi connectivity index (χ2n) is 6.14. The fourth-order valence-corrected chi connectivity index (χ4v) is 3.04. The minimum Gasteiger partial charge on any atom is -0.478 e. The van der Waals surface area contributed by atoms with Crippen LogP contribution in [-0.4, -0.2) is 51.3 Å². The molecule has 0 radical (unpaired) electrons. The molecule has 0 atom stereocenters. The summed E-state index contributed by atoms with van der Waals surface area (Å²) in [5.74, 6) is -0.364. The molecule has 0 unspecified atom stereocenters. The highest BCUT2D eigenvalue weighted by molar-refractivity contribution is 5.88. The molecule has 132 valence electrons. The summed E-state index contributed by atoms with van der Waals surface area (Å²) < 4.78 is 6.00. The van der Waals surface area contributed by atoms with Crippen LogP contribution in [0.4, 0.5) is 5.95 Å². The van der Waals surface area contributed by atoms with E-state index >= 15 is 0 Å². The van der Waals surface area contributed by atoms with Crippen molar-refractivity contribution in [2.75, 3.05) is 24.6 Å². The third-order valence-corrected chi connectivity index (χ3v) is 4.73. The summed E-state index contributed by atoms with van der Waals surface area (Å²) in [5, 5.41) is 9.14. The Morgan fingerprint density at radius 1 is 1.24 bits per heavy atom. The van der Waals surface area contributed by atoms with Crippen LogP contribution in [0.5, 0.6) is 0 Å². The van der Waals surface area contributed by atoms with Gasteiger partial charge in [-0.15, -0.1) is 0 Å². The Morgan fingerprint density at radius 3 is 2.72 bits per heavy atom. The van der Waals surface area contributed by atoms with Gasteiger partial charge in [0.2, 0.25) is 5.95 Å². The number of aromatic carboxylic acids is 1. The third-order valence-electron chi connectivity index (χ3n) is 4.73. The van der Waals surface area contributed by atoms with Crippen molar-refractivity contribution in [2.24, 2.45) is 0 Å². The molecule has 0 spiro atoms. The van der Waals surface area contributed by atoms with Gasteiger partial charge >= 0.3 is 5.97 Å². The van der Waals surface area contributed by atoms with Crippen molar-refractivity contribution in [3.63, 3.8) is 0 Å². The third kappa shape index (κ3) is 3.61. The molecule has 25 heavy (non-hydrogen) atoms. The van der Waals surface area contributed by atoms with E-state index in [1.165, 1.54) is 18.3 Å². The summed E-state index contributed by atoms with van der Waals surface area (Å²) in [6.45, 7) is 6.37. The summed E-state index contributed by atoms with van der Waals surface area (Å²) in [6.07, 6.45) is 5.03. The van der Waals surface area contributed by atoms with E-state index in [4.69, 9.17) is 9.84 Å². The number of hydrogen-bond acceptors (Lipinski definition) is 6. The van der Waals surface area contributed by atoms with E-state index in [0.29, 0.717) is 23.9 Å². The number of morpholine rings is 1. The monoisotopic (exact) mass is 342 g/mol. The van der Waals surface area contributed by atoms with E-state index < -0.39 is 5.97 Å². The number of hydrogen-bond donors (Lipinski definition) is 1. The van der Waals surface area contributed by atoms with Crippen LogP contribution in [0, 0.1) is 0 Å². The van der Waals surface area contributed by atoms with E-state index in [0.717, 1.165) is 25.9 Å². The lowest BCUT2D eigenvalue weighted by Gasteiger charge is -2.42. The average Bonchev–Trinajstić information content (AvgIpc) is 2.68. The van der Waals surface area contributed by atoms with E-state index in [1.54, 1.807) is 12.3 Å². The lowest BCUT2D eigenvalue weighted by molar-refractivity contribution is -0.0608. The Balaban J connectivity index is 1.89. The molecule has 1 N–H and O–H groups in total. The van der Waals surface area contributed by atoms with Crippen LogP contribution in [-0.2, 0) is 4.74 Å². The normalized spacial score (nSPS) is 16.6.